The summed E-state index contributed by atoms with van der Waals surface area (Å²) in [6.45, 7) is 5.65. The van der Waals surface area contributed by atoms with Crippen molar-refractivity contribution in [2.75, 3.05) is 13.7 Å². The van der Waals surface area contributed by atoms with Crippen molar-refractivity contribution >= 4 is 35.2 Å². The van der Waals surface area contributed by atoms with Gasteiger partial charge in [0.15, 0.2) is 0 Å². The Morgan fingerprint density at radius 1 is 1.00 bits per heavy atom. The first-order valence-corrected chi connectivity index (χ1v) is 11.7. The second-order valence-corrected chi connectivity index (χ2v) is 10.4. The molecule has 2 aromatic carbocycles. The average molecular weight is 488 g/mol. The number of amides is 2. The largest absolute Gasteiger partial charge is 0.496 e. The summed E-state index contributed by atoms with van der Waals surface area (Å²) in [6, 6.07) is 13.3. The standard InChI is InChI=1S/C26H27Cl2NO4/c1-26(2,3)33-25(31)29-14-21-20(24(29)30)12-11-19(18-10-9-17(28)13-22(18)32-4)23(21)15-5-7-16(27)8-6-15/h5-13,19-21,23H,14H2,1-4H3/t19-,20+,21+,23-/m0/s1. The molecule has 5 nitrogen and oxygen atoms in total. The van der Waals surface area contributed by atoms with Crippen LogP contribution in [0.2, 0.25) is 10.0 Å². The topological polar surface area (TPSA) is 55.8 Å². The van der Waals surface area contributed by atoms with Crippen LogP contribution in [0.15, 0.2) is 54.6 Å². The van der Waals surface area contributed by atoms with E-state index < -0.39 is 17.6 Å². The third-order valence-corrected chi connectivity index (χ3v) is 6.69. The van der Waals surface area contributed by atoms with Crippen LogP contribution in [0.5, 0.6) is 5.75 Å². The van der Waals surface area contributed by atoms with Gasteiger partial charge in [0, 0.05) is 28.1 Å². The molecule has 2 aliphatic rings. The Kier molecular flexibility index (Phi) is 6.47. The van der Waals surface area contributed by atoms with E-state index in [1.54, 1.807) is 33.9 Å². The molecule has 1 saturated heterocycles. The summed E-state index contributed by atoms with van der Waals surface area (Å²) in [4.78, 5) is 27.3. The SMILES string of the molecule is COc1cc(Cl)ccc1[C@@H]1C=C[C@H]2C(=O)N(C(=O)OC(C)(C)C)C[C@H]2[C@H]1c1ccc(Cl)cc1. The third-order valence-electron chi connectivity index (χ3n) is 6.20. The highest BCUT2D eigenvalue weighted by molar-refractivity contribution is 6.31. The molecule has 2 amide bonds. The fourth-order valence-corrected chi connectivity index (χ4v) is 5.13. The molecule has 7 heteroatoms. The second kappa shape index (κ2) is 9.03. The summed E-state index contributed by atoms with van der Waals surface area (Å²) in [6.07, 6.45) is 3.36. The van der Waals surface area contributed by atoms with Crippen molar-refractivity contribution in [3.63, 3.8) is 0 Å². The Morgan fingerprint density at radius 3 is 2.27 bits per heavy atom. The van der Waals surface area contributed by atoms with Gasteiger partial charge in [0.25, 0.3) is 0 Å². The number of fused-ring (bicyclic) bond motifs is 1. The quantitative estimate of drug-likeness (QED) is 0.466. The zero-order valence-corrected chi connectivity index (χ0v) is 20.6. The van der Waals surface area contributed by atoms with E-state index in [1.165, 1.54) is 4.90 Å². The lowest BCUT2D eigenvalue weighted by atomic mass is 9.66. The molecule has 1 aliphatic heterocycles. The van der Waals surface area contributed by atoms with Gasteiger partial charge in [-0.3, -0.25) is 4.79 Å². The van der Waals surface area contributed by atoms with Crippen LogP contribution in [0.3, 0.4) is 0 Å². The highest BCUT2D eigenvalue weighted by atomic mass is 35.5. The van der Waals surface area contributed by atoms with Crippen molar-refractivity contribution in [2.45, 2.75) is 38.2 Å². The minimum absolute atomic E-state index is 0.0778. The van der Waals surface area contributed by atoms with Crippen molar-refractivity contribution in [1.82, 2.24) is 4.90 Å². The Morgan fingerprint density at radius 2 is 1.64 bits per heavy atom. The maximum absolute atomic E-state index is 13.2. The van der Waals surface area contributed by atoms with Crippen molar-refractivity contribution in [3.05, 3.63) is 75.8 Å². The van der Waals surface area contributed by atoms with E-state index in [1.807, 2.05) is 48.6 Å². The van der Waals surface area contributed by atoms with E-state index in [-0.39, 0.29) is 30.2 Å². The second-order valence-electron chi connectivity index (χ2n) is 9.49. The molecule has 0 spiro atoms. The molecule has 33 heavy (non-hydrogen) atoms. The monoisotopic (exact) mass is 487 g/mol. The maximum Gasteiger partial charge on any atom is 0.417 e. The Bertz CT molecular complexity index is 1090. The first-order valence-electron chi connectivity index (χ1n) is 10.9. The van der Waals surface area contributed by atoms with Crippen LogP contribution in [0, 0.1) is 11.8 Å². The van der Waals surface area contributed by atoms with Gasteiger partial charge in [0.05, 0.1) is 13.0 Å². The molecule has 1 heterocycles. The molecule has 0 N–H and O–H groups in total. The number of carbonyl (C=O) groups excluding carboxylic acids is 2. The van der Waals surface area contributed by atoms with E-state index in [0.29, 0.717) is 15.8 Å². The van der Waals surface area contributed by atoms with Gasteiger partial charge in [-0.1, -0.05) is 53.6 Å². The lowest BCUT2D eigenvalue weighted by Crippen LogP contribution is -2.38. The summed E-state index contributed by atoms with van der Waals surface area (Å²) < 4.78 is 11.1. The van der Waals surface area contributed by atoms with Gasteiger partial charge in [-0.05, 0) is 62.4 Å². The molecule has 0 unspecified atom stereocenters. The van der Waals surface area contributed by atoms with Crippen molar-refractivity contribution in [1.29, 1.82) is 0 Å². The average Bonchev–Trinajstić information content (AvgIpc) is 3.09. The minimum atomic E-state index is -0.685. The van der Waals surface area contributed by atoms with Crippen LogP contribution in [0.25, 0.3) is 0 Å². The molecule has 0 radical (unpaired) electrons. The molecule has 0 bridgehead atoms. The van der Waals surface area contributed by atoms with E-state index in [0.717, 1.165) is 11.1 Å². The minimum Gasteiger partial charge on any atom is -0.496 e. The molecule has 1 fully saturated rings. The number of carbonyl (C=O) groups is 2. The highest BCUT2D eigenvalue weighted by Gasteiger charge is 2.50. The van der Waals surface area contributed by atoms with Gasteiger partial charge in [0.2, 0.25) is 5.91 Å². The Labute approximate surface area is 204 Å². The molecule has 4 rings (SSSR count). The molecule has 2 aromatic rings. The Balaban J connectivity index is 1.76. The lowest BCUT2D eigenvalue weighted by Gasteiger charge is -2.36. The predicted octanol–water partition coefficient (Wildman–Crippen LogP) is 6.45. The van der Waals surface area contributed by atoms with Crippen LogP contribution in [0.1, 0.15) is 43.7 Å². The number of rotatable bonds is 3. The molecule has 0 saturated carbocycles. The van der Waals surface area contributed by atoms with Gasteiger partial charge in [0.1, 0.15) is 11.4 Å². The smallest absolute Gasteiger partial charge is 0.417 e. The zero-order chi connectivity index (χ0) is 23.9. The van der Waals surface area contributed by atoms with Gasteiger partial charge >= 0.3 is 6.09 Å². The van der Waals surface area contributed by atoms with Crippen LogP contribution >= 0.6 is 23.2 Å². The van der Waals surface area contributed by atoms with Crippen LogP contribution < -0.4 is 4.74 Å². The van der Waals surface area contributed by atoms with E-state index in [9.17, 15) is 9.59 Å². The van der Waals surface area contributed by atoms with E-state index >= 15 is 0 Å². The van der Waals surface area contributed by atoms with Crippen molar-refractivity contribution in [2.24, 2.45) is 11.8 Å². The summed E-state index contributed by atoms with van der Waals surface area (Å²) in [7, 11) is 1.62. The number of methoxy groups -OCH3 is 1. The molecule has 1 aliphatic carbocycles. The number of hydrogen-bond donors (Lipinski definition) is 0. The normalized spacial score (nSPS) is 24.5. The first-order chi connectivity index (χ1) is 15.6. The number of allylic oxidation sites excluding steroid dienone is 1. The molecule has 174 valence electrons. The molecule has 0 aromatic heterocycles. The number of hydrogen-bond acceptors (Lipinski definition) is 4. The predicted molar refractivity (Wildman–Crippen MR) is 129 cm³/mol. The fraction of sp³-hybridized carbons (Fsp3) is 0.385. The van der Waals surface area contributed by atoms with Crippen molar-refractivity contribution in [3.8, 4) is 5.75 Å². The first kappa shape index (κ1) is 23.7. The van der Waals surface area contributed by atoms with E-state index in [4.69, 9.17) is 32.7 Å². The van der Waals surface area contributed by atoms with Crippen LogP contribution in [-0.2, 0) is 9.53 Å². The Hall–Kier alpha value is -2.50. The fourth-order valence-electron chi connectivity index (χ4n) is 4.84. The summed E-state index contributed by atoms with van der Waals surface area (Å²) in [5, 5.41) is 1.23. The van der Waals surface area contributed by atoms with Crippen LogP contribution in [0.4, 0.5) is 4.79 Å². The molecular formula is C26H27Cl2NO4. The number of imide groups is 1. The van der Waals surface area contributed by atoms with E-state index in [2.05, 4.69) is 0 Å². The number of halogens is 2. The lowest BCUT2D eigenvalue weighted by molar-refractivity contribution is -0.129. The highest BCUT2D eigenvalue weighted by Crippen LogP contribution is 2.51. The van der Waals surface area contributed by atoms with Crippen molar-refractivity contribution < 1.29 is 19.1 Å². The summed E-state index contributed by atoms with van der Waals surface area (Å²) >= 11 is 12.4. The summed E-state index contributed by atoms with van der Waals surface area (Å²) in [5.74, 6) is -0.238. The number of nitrogens with zero attached hydrogens (tertiary/aromatic N) is 1. The number of likely N-dealkylation sites (tertiary alicyclic amines) is 1. The van der Waals surface area contributed by atoms with Gasteiger partial charge in [-0.2, -0.15) is 0 Å². The van der Waals surface area contributed by atoms with Gasteiger partial charge in [-0.25, -0.2) is 9.69 Å². The van der Waals surface area contributed by atoms with Gasteiger partial charge < -0.3 is 9.47 Å². The molecular weight excluding hydrogens is 461 g/mol. The summed E-state index contributed by atoms with van der Waals surface area (Å²) in [5.41, 5.74) is 1.33. The van der Waals surface area contributed by atoms with Crippen LogP contribution in [-0.4, -0.2) is 36.2 Å². The van der Waals surface area contributed by atoms with Gasteiger partial charge in [-0.15, -0.1) is 0 Å². The maximum atomic E-state index is 13.2. The zero-order valence-electron chi connectivity index (χ0n) is 19.0. The number of ether oxygens (including phenoxy) is 2. The number of benzene rings is 2. The third kappa shape index (κ3) is 4.75. The molecule has 4 atom stereocenters.